The van der Waals surface area contributed by atoms with Crippen LogP contribution in [0.15, 0.2) is 67.0 Å². The highest BCUT2D eigenvalue weighted by atomic mass is 16.5. The maximum atomic E-state index is 5.87. The minimum absolute atomic E-state index is 0.555. The Balaban J connectivity index is 1.76. The van der Waals surface area contributed by atoms with E-state index in [0.717, 1.165) is 30.2 Å². The normalized spacial score (nSPS) is 10.4. The van der Waals surface area contributed by atoms with E-state index < -0.39 is 0 Å². The highest BCUT2D eigenvalue weighted by molar-refractivity contribution is 5.64. The van der Waals surface area contributed by atoms with Gasteiger partial charge in [-0.2, -0.15) is 0 Å². The summed E-state index contributed by atoms with van der Waals surface area (Å²) in [6.45, 7) is 6.01. The average Bonchev–Trinajstić information content (AvgIpc) is 2.64. The van der Waals surface area contributed by atoms with Crippen LogP contribution in [-0.4, -0.2) is 23.1 Å². The van der Waals surface area contributed by atoms with Crippen LogP contribution in [0.2, 0.25) is 0 Å². The smallest absolute Gasteiger partial charge is 0.224 e. The molecule has 24 heavy (non-hydrogen) atoms. The van der Waals surface area contributed by atoms with Gasteiger partial charge in [0.15, 0.2) is 0 Å². The molecular formula is C20H21N3O. The zero-order valence-electron chi connectivity index (χ0n) is 14.0. The second-order valence-corrected chi connectivity index (χ2v) is 5.38. The van der Waals surface area contributed by atoms with Gasteiger partial charge in [-0.05, 0) is 37.1 Å². The molecule has 3 rings (SSSR count). The molecule has 0 aliphatic rings. The second-order valence-electron chi connectivity index (χ2n) is 5.38. The van der Waals surface area contributed by atoms with E-state index in [2.05, 4.69) is 53.0 Å². The quantitative estimate of drug-likeness (QED) is 0.655. The zero-order valence-corrected chi connectivity index (χ0v) is 14.0. The summed E-state index contributed by atoms with van der Waals surface area (Å²) in [5.41, 5.74) is 2.35. The molecule has 0 radical (unpaired) electrons. The fourth-order valence-corrected chi connectivity index (χ4v) is 2.57. The molecule has 0 bridgehead atoms. The molecule has 0 N–H and O–H groups in total. The van der Waals surface area contributed by atoms with Gasteiger partial charge >= 0.3 is 0 Å². The van der Waals surface area contributed by atoms with Crippen molar-refractivity contribution in [2.75, 3.05) is 18.0 Å². The van der Waals surface area contributed by atoms with Crippen LogP contribution >= 0.6 is 0 Å². The molecule has 4 heteroatoms. The first-order chi connectivity index (χ1) is 11.8. The molecular weight excluding hydrogens is 298 g/mol. The molecule has 0 atom stereocenters. The molecule has 1 heterocycles. The maximum absolute atomic E-state index is 5.87. The molecule has 4 nitrogen and oxygen atoms in total. The van der Waals surface area contributed by atoms with E-state index in [1.807, 2.05) is 36.4 Å². The van der Waals surface area contributed by atoms with Crippen LogP contribution in [0.1, 0.15) is 13.8 Å². The van der Waals surface area contributed by atoms with Gasteiger partial charge in [0.05, 0.1) is 0 Å². The van der Waals surface area contributed by atoms with Crippen molar-refractivity contribution in [3.63, 3.8) is 0 Å². The van der Waals surface area contributed by atoms with Gasteiger partial charge < -0.3 is 9.64 Å². The van der Waals surface area contributed by atoms with Crippen molar-refractivity contribution in [3.8, 4) is 22.8 Å². The lowest BCUT2D eigenvalue weighted by atomic mass is 10.1. The van der Waals surface area contributed by atoms with Crippen molar-refractivity contribution >= 4 is 5.82 Å². The van der Waals surface area contributed by atoms with Crippen LogP contribution in [0.3, 0.4) is 0 Å². The Labute approximate surface area is 142 Å². The lowest BCUT2D eigenvalue weighted by molar-refractivity contribution is 0.461. The first-order valence-corrected chi connectivity index (χ1v) is 8.20. The number of benzene rings is 2. The second kappa shape index (κ2) is 7.59. The summed E-state index contributed by atoms with van der Waals surface area (Å²) in [4.78, 5) is 10.7. The Kier molecular flexibility index (Phi) is 5.06. The van der Waals surface area contributed by atoms with E-state index in [-0.39, 0.29) is 0 Å². The van der Waals surface area contributed by atoms with Gasteiger partial charge in [0, 0.05) is 19.2 Å². The van der Waals surface area contributed by atoms with Crippen molar-refractivity contribution in [1.29, 1.82) is 0 Å². The Morgan fingerprint density at radius 1 is 0.833 bits per heavy atom. The number of hydrogen-bond donors (Lipinski definition) is 0. The molecule has 0 fully saturated rings. The monoisotopic (exact) mass is 319 g/mol. The van der Waals surface area contributed by atoms with Gasteiger partial charge in [0.25, 0.3) is 0 Å². The van der Waals surface area contributed by atoms with Crippen molar-refractivity contribution < 1.29 is 4.74 Å². The minimum Gasteiger partial charge on any atom is -0.439 e. The van der Waals surface area contributed by atoms with Crippen LogP contribution in [-0.2, 0) is 0 Å². The molecule has 0 saturated carbocycles. The van der Waals surface area contributed by atoms with E-state index >= 15 is 0 Å². The Morgan fingerprint density at radius 2 is 1.50 bits per heavy atom. The molecule has 0 aliphatic carbocycles. The number of nitrogens with zero attached hydrogens (tertiary/aromatic N) is 3. The lowest BCUT2D eigenvalue weighted by Crippen LogP contribution is -2.22. The largest absolute Gasteiger partial charge is 0.439 e. The fourth-order valence-electron chi connectivity index (χ4n) is 2.57. The lowest BCUT2D eigenvalue weighted by Gasteiger charge is -2.19. The predicted octanol–water partition coefficient (Wildman–Crippen LogP) is 4.78. The molecule has 1 aromatic heterocycles. The SMILES string of the molecule is CCN(CC)c1cc(Oc2ccc(-c3ccccc3)cc2)ncn1. The van der Waals surface area contributed by atoms with Crippen LogP contribution in [0.4, 0.5) is 5.82 Å². The number of anilines is 1. The van der Waals surface area contributed by atoms with E-state index in [1.54, 1.807) is 6.33 Å². The Morgan fingerprint density at radius 3 is 2.17 bits per heavy atom. The summed E-state index contributed by atoms with van der Waals surface area (Å²) >= 11 is 0. The van der Waals surface area contributed by atoms with Crippen LogP contribution < -0.4 is 9.64 Å². The third-order valence-electron chi connectivity index (χ3n) is 3.90. The highest BCUT2D eigenvalue weighted by Gasteiger charge is 2.07. The predicted molar refractivity (Wildman–Crippen MR) is 97.5 cm³/mol. The van der Waals surface area contributed by atoms with Gasteiger partial charge in [-0.15, -0.1) is 0 Å². The summed E-state index contributed by atoms with van der Waals surface area (Å²) in [7, 11) is 0. The van der Waals surface area contributed by atoms with Gasteiger partial charge in [-0.1, -0.05) is 42.5 Å². The van der Waals surface area contributed by atoms with E-state index in [4.69, 9.17) is 4.74 Å². The van der Waals surface area contributed by atoms with Gasteiger partial charge in [-0.3, -0.25) is 0 Å². The van der Waals surface area contributed by atoms with E-state index in [1.165, 1.54) is 5.56 Å². The average molecular weight is 319 g/mol. The molecule has 0 amide bonds. The van der Waals surface area contributed by atoms with Gasteiger partial charge in [0.2, 0.25) is 5.88 Å². The van der Waals surface area contributed by atoms with E-state index in [0.29, 0.717) is 5.88 Å². The fraction of sp³-hybridized carbons (Fsp3) is 0.200. The molecule has 3 aromatic rings. The summed E-state index contributed by atoms with van der Waals surface area (Å²) in [6, 6.07) is 20.2. The standard InChI is InChI=1S/C20H21N3O/c1-3-23(4-2)19-14-20(22-15-21-19)24-18-12-10-17(11-13-18)16-8-6-5-7-9-16/h5-15H,3-4H2,1-2H3. The summed E-state index contributed by atoms with van der Waals surface area (Å²) in [5.74, 6) is 2.20. The third-order valence-corrected chi connectivity index (χ3v) is 3.90. The van der Waals surface area contributed by atoms with Crippen LogP contribution in [0, 0.1) is 0 Å². The van der Waals surface area contributed by atoms with Gasteiger partial charge in [0.1, 0.15) is 17.9 Å². The van der Waals surface area contributed by atoms with Crippen molar-refractivity contribution in [1.82, 2.24) is 9.97 Å². The maximum Gasteiger partial charge on any atom is 0.224 e. The highest BCUT2D eigenvalue weighted by Crippen LogP contribution is 2.26. The molecule has 0 spiro atoms. The summed E-state index contributed by atoms with van der Waals surface area (Å²) in [5, 5.41) is 0. The molecule has 0 saturated heterocycles. The van der Waals surface area contributed by atoms with Crippen molar-refractivity contribution in [3.05, 3.63) is 67.0 Å². The van der Waals surface area contributed by atoms with Crippen molar-refractivity contribution in [2.24, 2.45) is 0 Å². The minimum atomic E-state index is 0.555. The van der Waals surface area contributed by atoms with Crippen LogP contribution in [0.5, 0.6) is 11.6 Å². The molecule has 122 valence electrons. The van der Waals surface area contributed by atoms with E-state index in [9.17, 15) is 0 Å². The molecule has 2 aromatic carbocycles. The summed E-state index contributed by atoms with van der Waals surface area (Å²) in [6.07, 6.45) is 1.54. The Bertz CT molecular complexity index is 768. The summed E-state index contributed by atoms with van der Waals surface area (Å²) < 4.78 is 5.87. The number of hydrogen-bond acceptors (Lipinski definition) is 4. The third kappa shape index (κ3) is 3.71. The molecule has 0 unspecified atom stereocenters. The topological polar surface area (TPSA) is 38.2 Å². The van der Waals surface area contributed by atoms with Gasteiger partial charge in [-0.25, -0.2) is 9.97 Å². The van der Waals surface area contributed by atoms with Crippen LogP contribution in [0.25, 0.3) is 11.1 Å². The molecule has 0 aliphatic heterocycles. The number of aromatic nitrogens is 2. The zero-order chi connectivity index (χ0) is 16.8. The van der Waals surface area contributed by atoms with Crippen molar-refractivity contribution in [2.45, 2.75) is 13.8 Å². The number of ether oxygens (including phenoxy) is 1. The Hall–Kier alpha value is -2.88. The first-order valence-electron chi connectivity index (χ1n) is 8.20. The number of rotatable bonds is 6. The first kappa shape index (κ1) is 16.0.